The highest BCUT2D eigenvalue weighted by atomic mass is 35.5. The molecule has 0 aliphatic heterocycles. The third kappa shape index (κ3) is 5.49. The first-order chi connectivity index (χ1) is 15.5. The second-order valence-electron chi connectivity index (χ2n) is 7.30. The predicted molar refractivity (Wildman–Crippen MR) is 128 cm³/mol. The van der Waals surface area contributed by atoms with E-state index in [-0.39, 0.29) is 5.91 Å². The molecule has 4 aromatic rings. The number of aromatic nitrogens is 2. The Hall–Kier alpha value is -3.28. The van der Waals surface area contributed by atoms with Gasteiger partial charge in [0.2, 0.25) is 0 Å². The number of aryl methyl sites for hydroxylation is 1. The van der Waals surface area contributed by atoms with Crippen LogP contribution in [0.25, 0.3) is 0 Å². The van der Waals surface area contributed by atoms with Gasteiger partial charge in [-0.25, -0.2) is 0 Å². The molecule has 1 N–H and O–H groups in total. The zero-order chi connectivity index (χ0) is 22.5. The van der Waals surface area contributed by atoms with Crippen molar-refractivity contribution in [3.05, 3.63) is 111 Å². The van der Waals surface area contributed by atoms with E-state index in [1.165, 1.54) is 0 Å². The fourth-order valence-electron chi connectivity index (χ4n) is 3.23. The van der Waals surface area contributed by atoms with Crippen LogP contribution in [0.1, 0.15) is 27.3 Å². The Morgan fingerprint density at radius 3 is 2.41 bits per heavy atom. The van der Waals surface area contributed by atoms with E-state index in [0.717, 1.165) is 22.6 Å². The van der Waals surface area contributed by atoms with Gasteiger partial charge in [0.15, 0.2) is 5.69 Å². The molecule has 162 valence electrons. The second-order valence-corrected chi connectivity index (χ2v) is 8.18. The summed E-state index contributed by atoms with van der Waals surface area (Å²) in [5, 5.41) is 8.58. The lowest BCUT2D eigenvalue weighted by molar-refractivity contribution is 0.102. The molecule has 0 atom stereocenters. The molecule has 1 aromatic heterocycles. The number of nitrogens with one attached hydrogen (secondary N) is 1. The fraction of sp³-hybridized carbons (Fsp3) is 0.120. The van der Waals surface area contributed by atoms with Crippen LogP contribution in [-0.2, 0) is 13.2 Å². The van der Waals surface area contributed by atoms with E-state index >= 15 is 0 Å². The number of halogens is 2. The van der Waals surface area contributed by atoms with Crippen molar-refractivity contribution in [1.82, 2.24) is 9.78 Å². The van der Waals surface area contributed by atoms with Crippen LogP contribution in [0.5, 0.6) is 5.75 Å². The standard InChI is InChI=1S/C25H21Cl2N3O2/c1-17-13-24(25(31)28-22-11-9-20(26)10-12-22)29-30(17)15-19-14-21(27)8-7-18(19)16-32-23-5-3-2-4-6-23/h2-14H,15-16H2,1H3,(H,28,31). The predicted octanol–water partition coefficient (Wildman–Crippen LogP) is 6.38. The minimum absolute atomic E-state index is 0.284. The average Bonchev–Trinajstić information content (AvgIpc) is 3.16. The van der Waals surface area contributed by atoms with Gasteiger partial charge in [-0.3, -0.25) is 9.48 Å². The number of amides is 1. The van der Waals surface area contributed by atoms with Crippen LogP contribution in [-0.4, -0.2) is 15.7 Å². The van der Waals surface area contributed by atoms with Crippen molar-refractivity contribution in [1.29, 1.82) is 0 Å². The van der Waals surface area contributed by atoms with Gasteiger partial charge in [-0.15, -0.1) is 0 Å². The summed E-state index contributed by atoms with van der Waals surface area (Å²) in [4.78, 5) is 12.6. The van der Waals surface area contributed by atoms with Crippen molar-refractivity contribution >= 4 is 34.8 Å². The van der Waals surface area contributed by atoms with E-state index in [0.29, 0.717) is 34.6 Å². The van der Waals surface area contributed by atoms with Gasteiger partial charge in [-0.1, -0.05) is 47.5 Å². The van der Waals surface area contributed by atoms with Crippen LogP contribution in [0.4, 0.5) is 5.69 Å². The second kappa shape index (κ2) is 9.90. The Morgan fingerprint density at radius 1 is 0.938 bits per heavy atom. The molecule has 1 amide bonds. The van der Waals surface area contributed by atoms with Gasteiger partial charge in [-0.05, 0) is 72.6 Å². The molecule has 0 aliphatic rings. The molecular formula is C25H21Cl2N3O2. The number of carbonyl (C=O) groups excluding carboxylic acids is 1. The molecule has 1 heterocycles. The molecule has 7 heteroatoms. The van der Waals surface area contributed by atoms with E-state index in [2.05, 4.69) is 10.4 Å². The van der Waals surface area contributed by atoms with E-state index in [1.54, 1.807) is 35.0 Å². The number of anilines is 1. The topological polar surface area (TPSA) is 56.2 Å². The maximum absolute atomic E-state index is 12.6. The van der Waals surface area contributed by atoms with E-state index in [1.807, 2.05) is 55.5 Å². The highest BCUT2D eigenvalue weighted by Crippen LogP contribution is 2.21. The number of para-hydroxylation sites is 1. The smallest absolute Gasteiger partial charge is 0.276 e. The molecule has 0 unspecified atom stereocenters. The molecule has 32 heavy (non-hydrogen) atoms. The maximum Gasteiger partial charge on any atom is 0.276 e. The normalized spacial score (nSPS) is 10.7. The largest absolute Gasteiger partial charge is 0.489 e. The van der Waals surface area contributed by atoms with Gasteiger partial charge < -0.3 is 10.1 Å². The lowest BCUT2D eigenvalue weighted by Gasteiger charge is -2.13. The summed E-state index contributed by atoms with van der Waals surface area (Å²) in [6.07, 6.45) is 0. The first-order valence-corrected chi connectivity index (χ1v) is 10.8. The average molecular weight is 466 g/mol. The number of ether oxygens (including phenoxy) is 1. The van der Waals surface area contributed by atoms with Crippen LogP contribution < -0.4 is 10.1 Å². The third-order valence-electron chi connectivity index (χ3n) is 4.94. The Labute approximate surface area is 196 Å². The highest BCUT2D eigenvalue weighted by Gasteiger charge is 2.14. The Balaban J connectivity index is 1.50. The molecule has 0 fully saturated rings. The summed E-state index contributed by atoms with van der Waals surface area (Å²) in [7, 11) is 0. The van der Waals surface area contributed by atoms with Crippen LogP contribution in [0.3, 0.4) is 0 Å². The number of rotatable bonds is 7. The van der Waals surface area contributed by atoms with Crippen molar-refractivity contribution in [2.24, 2.45) is 0 Å². The Bertz CT molecular complexity index is 1220. The molecule has 4 rings (SSSR count). The number of nitrogens with zero attached hydrogens (tertiary/aromatic N) is 2. The first kappa shape index (κ1) is 21.9. The molecule has 0 saturated carbocycles. The van der Waals surface area contributed by atoms with Gasteiger partial charge in [0.1, 0.15) is 12.4 Å². The van der Waals surface area contributed by atoms with Gasteiger partial charge in [0, 0.05) is 21.4 Å². The molecule has 5 nitrogen and oxygen atoms in total. The molecule has 0 radical (unpaired) electrons. The highest BCUT2D eigenvalue weighted by molar-refractivity contribution is 6.31. The molecule has 0 spiro atoms. The lowest BCUT2D eigenvalue weighted by atomic mass is 10.1. The molecule has 0 aliphatic carbocycles. The lowest BCUT2D eigenvalue weighted by Crippen LogP contribution is -2.14. The van der Waals surface area contributed by atoms with Gasteiger partial charge >= 0.3 is 0 Å². The van der Waals surface area contributed by atoms with Crippen molar-refractivity contribution in [3.63, 3.8) is 0 Å². The van der Waals surface area contributed by atoms with Crippen molar-refractivity contribution in [2.45, 2.75) is 20.1 Å². The summed E-state index contributed by atoms with van der Waals surface area (Å²) in [6, 6.07) is 24.0. The van der Waals surface area contributed by atoms with Crippen molar-refractivity contribution < 1.29 is 9.53 Å². The van der Waals surface area contributed by atoms with E-state index < -0.39 is 0 Å². The summed E-state index contributed by atoms with van der Waals surface area (Å²) in [5.74, 6) is 0.512. The summed E-state index contributed by atoms with van der Waals surface area (Å²) in [5.41, 5.74) is 3.83. The minimum Gasteiger partial charge on any atom is -0.489 e. The Morgan fingerprint density at radius 2 is 1.66 bits per heavy atom. The van der Waals surface area contributed by atoms with Crippen molar-refractivity contribution in [2.75, 3.05) is 5.32 Å². The number of hydrogen-bond acceptors (Lipinski definition) is 3. The first-order valence-electron chi connectivity index (χ1n) is 10.0. The monoisotopic (exact) mass is 465 g/mol. The summed E-state index contributed by atoms with van der Waals surface area (Å²) in [6.45, 7) is 2.78. The number of hydrogen-bond donors (Lipinski definition) is 1. The Kier molecular flexibility index (Phi) is 6.78. The van der Waals surface area contributed by atoms with Gasteiger partial charge in [0.05, 0.1) is 6.54 Å². The zero-order valence-corrected chi connectivity index (χ0v) is 18.9. The third-order valence-corrected chi connectivity index (χ3v) is 5.43. The molecular weight excluding hydrogens is 445 g/mol. The zero-order valence-electron chi connectivity index (χ0n) is 17.4. The minimum atomic E-state index is -0.284. The number of benzene rings is 3. The van der Waals surface area contributed by atoms with E-state index in [9.17, 15) is 4.79 Å². The number of carbonyl (C=O) groups is 1. The van der Waals surface area contributed by atoms with Crippen molar-refractivity contribution in [3.8, 4) is 5.75 Å². The van der Waals surface area contributed by atoms with Crippen LogP contribution in [0, 0.1) is 6.92 Å². The van der Waals surface area contributed by atoms with Crippen LogP contribution >= 0.6 is 23.2 Å². The van der Waals surface area contributed by atoms with E-state index in [4.69, 9.17) is 27.9 Å². The van der Waals surface area contributed by atoms with Gasteiger partial charge in [-0.2, -0.15) is 5.10 Å². The summed E-state index contributed by atoms with van der Waals surface area (Å²) < 4.78 is 7.70. The quantitative estimate of drug-likeness (QED) is 0.344. The molecule has 0 saturated heterocycles. The van der Waals surface area contributed by atoms with Gasteiger partial charge in [0.25, 0.3) is 5.91 Å². The maximum atomic E-state index is 12.6. The summed E-state index contributed by atoms with van der Waals surface area (Å²) >= 11 is 12.2. The molecule has 0 bridgehead atoms. The SMILES string of the molecule is Cc1cc(C(=O)Nc2ccc(Cl)cc2)nn1Cc1cc(Cl)ccc1COc1ccccc1. The fourth-order valence-corrected chi connectivity index (χ4v) is 3.55. The molecule has 3 aromatic carbocycles. The van der Waals surface area contributed by atoms with Crippen LogP contribution in [0.2, 0.25) is 10.0 Å². The van der Waals surface area contributed by atoms with Crippen LogP contribution in [0.15, 0.2) is 78.9 Å².